The number of imidazole rings is 1. The van der Waals surface area contributed by atoms with E-state index in [0.29, 0.717) is 5.92 Å². The third-order valence-corrected chi connectivity index (χ3v) is 3.65. The summed E-state index contributed by atoms with van der Waals surface area (Å²) in [5.74, 6) is 1.36. The van der Waals surface area contributed by atoms with Gasteiger partial charge in [-0.3, -0.25) is 9.78 Å². The molecule has 2 aromatic heterocycles. The molecule has 1 aliphatic heterocycles. The van der Waals surface area contributed by atoms with Crippen molar-refractivity contribution in [3.05, 3.63) is 30.5 Å². The zero-order valence-electron chi connectivity index (χ0n) is 11.4. The molecule has 20 heavy (non-hydrogen) atoms. The molecule has 3 rings (SSSR count). The number of aromatic nitrogens is 4. The van der Waals surface area contributed by atoms with E-state index in [1.165, 1.54) is 0 Å². The Balaban J connectivity index is 1.70. The smallest absolute Gasteiger partial charge is 0.219 e. The predicted molar refractivity (Wildman–Crippen MR) is 73.7 cm³/mol. The van der Waals surface area contributed by atoms with Gasteiger partial charge in [0.2, 0.25) is 5.91 Å². The molecule has 1 fully saturated rings. The fraction of sp³-hybridized carbons (Fsp3) is 0.429. The number of carbonyl (C=O) groups excluding carboxylic acids is 1. The van der Waals surface area contributed by atoms with Crippen LogP contribution in [0.3, 0.4) is 0 Å². The Morgan fingerprint density at radius 1 is 1.50 bits per heavy atom. The molecule has 1 amide bonds. The molecule has 0 bridgehead atoms. The summed E-state index contributed by atoms with van der Waals surface area (Å²) in [7, 11) is 0. The first-order valence-electron chi connectivity index (χ1n) is 6.78. The van der Waals surface area contributed by atoms with Gasteiger partial charge in [-0.05, 0) is 18.8 Å². The molecule has 1 N–H and O–H groups in total. The topological polar surface area (TPSA) is 74.8 Å². The average molecular weight is 271 g/mol. The van der Waals surface area contributed by atoms with Crippen molar-refractivity contribution in [3.8, 4) is 11.5 Å². The van der Waals surface area contributed by atoms with E-state index in [1.54, 1.807) is 31.7 Å². The van der Waals surface area contributed by atoms with Crippen LogP contribution in [0, 0.1) is 5.92 Å². The first-order valence-corrected chi connectivity index (χ1v) is 6.78. The van der Waals surface area contributed by atoms with Gasteiger partial charge >= 0.3 is 0 Å². The summed E-state index contributed by atoms with van der Waals surface area (Å²) < 4.78 is 0. The molecule has 0 unspecified atom stereocenters. The summed E-state index contributed by atoms with van der Waals surface area (Å²) in [4.78, 5) is 29.3. The summed E-state index contributed by atoms with van der Waals surface area (Å²) in [6.45, 7) is 3.30. The second-order valence-electron chi connectivity index (χ2n) is 5.16. The lowest BCUT2D eigenvalue weighted by molar-refractivity contribution is -0.127. The second-order valence-corrected chi connectivity index (χ2v) is 5.16. The van der Waals surface area contributed by atoms with E-state index in [2.05, 4.69) is 19.9 Å². The van der Waals surface area contributed by atoms with Crippen molar-refractivity contribution in [3.63, 3.8) is 0 Å². The Labute approximate surface area is 117 Å². The maximum absolute atomic E-state index is 11.3. The van der Waals surface area contributed by atoms with Crippen molar-refractivity contribution < 1.29 is 4.79 Å². The van der Waals surface area contributed by atoms with Crippen molar-refractivity contribution in [2.75, 3.05) is 13.1 Å². The SMILES string of the molecule is CC(=O)N1CC[C@@H](Cc2cncc(-c3ncc[nH]3)n2)C1. The highest BCUT2D eigenvalue weighted by Gasteiger charge is 2.24. The van der Waals surface area contributed by atoms with Crippen molar-refractivity contribution >= 4 is 5.91 Å². The van der Waals surface area contributed by atoms with E-state index < -0.39 is 0 Å². The molecule has 2 aromatic rings. The molecular formula is C14H17N5O. The summed E-state index contributed by atoms with van der Waals surface area (Å²) in [6.07, 6.45) is 8.86. The second kappa shape index (κ2) is 5.40. The highest BCUT2D eigenvalue weighted by Crippen LogP contribution is 2.20. The Hall–Kier alpha value is -2.24. The van der Waals surface area contributed by atoms with Crippen LogP contribution in [0.5, 0.6) is 0 Å². The Morgan fingerprint density at radius 3 is 3.10 bits per heavy atom. The number of carbonyl (C=O) groups is 1. The third kappa shape index (κ3) is 2.68. The van der Waals surface area contributed by atoms with Gasteiger partial charge in [0, 0.05) is 38.6 Å². The summed E-state index contributed by atoms with van der Waals surface area (Å²) in [6, 6.07) is 0. The van der Waals surface area contributed by atoms with E-state index in [9.17, 15) is 4.79 Å². The standard InChI is InChI=1S/C14H17N5O/c1-10(20)19-5-2-11(9-19)6-12-7-15-8-13(18-12)14-16-3-4-17-14/h3-4,7-8,11H,2,5-6,9H2,1H3,(H,16,17)/t11-/m0/s1. The molecule has 104 valence electrons. The number of nitrogens with zero attached hydrogens (tertiary/aromatic N) is 4. The van der Waals surface area contributed by atoms with Crippen LogP contribution in [0.15, 0.2) is 24.8 Å². The summed E-state index contributed by atoms with van der Waals surface area (Å²) in [5.41, 5.74) is 1.71. The first kappa shape index (κ1) is 12.8. The number of hydrogen-bond acceptors (Lipinski definition) is 4. The molecule has 0 radical (unpaired) electrons. The van der Waals surface area contributed by atoms with Crippen LogP contribution in [0.4, 0.5) is 0 Å². The lowest BCUT2D eigenvalue weighted by Gasteiger charge is -2.13. The van der Waals surface area contributed by atoms with Gasteiger partial charge < -0.3 is 9.88 Å². The zero-order chi connectivity index (χ0) is 13.9. The van der Waals surface area contributed by atoms with Crippen molar-refractivity contribution in [2.45, 2.75) is 19.8 Å². The van der Waals surface area contributed by atoms with Crippen LogP contribution in [0.2, 0.25) is 0 Å². The van der Waals surface area contributed by atoms with Crippen molar-refractivity contribution in [1.82, 2.24) is 24.8 Å². The number of likely N-dealkylation sites (tertiary alicyclic amines) is 1. The van der Waals surface area contributed by atoms with E-state index in [1.807, 2.05) is 4.90 Å². The number of amides is 1. The van der Waals surface area contributed by atoms with E-state index in [0.717, 1.165) is 43.1 Å². The van der Waals surface area contributed by atoms with E-state index in [4.69, 9.17) is 0 Å². The molecular weight excluding hydrogens is 254 g/mol. The highest BCUT2D eigenvalue weighted by atomic mass is 16.2. The minimum absolute atomic E-state index is 0.155. The van der Waals surface area contributed by atoms with Gasteiger partial charge in [0.15, 0.2) is 5.82 Å². The third-order valence-electron chi connectivity index (χ3n) is 3.65. The average Bonchev–Trinajstić information content (AvgIpc) is 3.10. The van der Waals surface area contributed by atoms with Crippen LogP contribution < -0.4 is 0 Å². The van der Waals surface area contributed by atoms with Crippen LogP contribution in [-0.2, 0) is 11.2 Å². The summed E-state index contributed by atoms with van der Waals surface area (Å²) >= 11 is 0. The molecule has 6 nitrogen and oxygen atoms in total. The Morgan fingerprint density at radius 2 is 2.40 bits per heavy atom. The van der Waals surface area contributed by atoms with Crippen molar-refractivity contribution in [1.29, 1.82) is 0 Å². The van der Waals surface area contributed by atoms with E-state index in [-0.39, 0.29) is 5.91 Å². The predicted octanol–water partition coefficient (Wildman–Crippen LogP) is 1.28. The fourth-order valence-electron chi connectivity index (χ4n) is 2.61. The molecule has 0 aliphatic carbocycles. The normalized spacial score (nSPS) is 18.4. The van der Waals surface area contributed by atoms with Gasteiger partial charge in [-0.15, -0.1) is 0 Å². The van der Waals surface area contributed by atoms with Gasteiger partial charge in [-0.25, -0.2) is 9.97 Å². The van der Waals surface area contributed by atoms with Gasteiger partial charge in [-0.1, -0.05) is 0 Å². The highest BCUT2D eigenvalue weighted by molar-refractivity contribution is 5.73. The zero-order valence-corrected chi connectivity index (χ0v) is 11.4. The number of nitrogens with one attached hydrogen (secondary N) is 1. The fourth-order valence-corrected chi connectivity index (χ4v) is 2.61. The van der Waals surface area contributed by atoms with Crippen LogP contribution >= 0.6 is 0 Å². The molecule has 3 heterocycles. The first-order chi connectivity index (χ1) is 9.72. The van der Waals surface area contributed by atoms with E-state index >= 15 is 0 Å². The number of hydrogen-bond donors (Lipinski definition) is 1. The lowest BCUT2D eigenvalue weighted by Crippen LogP contribution is -2.26. The molecule has 6 heteroatoms. The Kier molecular flexibility index (Phi) is 3.45. The maximum Gasteiger partial charge on any atom is 0.219 e. The molecule has 1 aliphatic rings. The molecule has 0 saturated carbocycles. The minimum atomic E-state index is 0.155. The van der Waals surface area contributed by atoms with Gasteiger partial charge in [0.05, 0.1) is 11.9 Å². The number of H-pyrrole nitrogens is 1. The van der Waals surface area contributed by atoms with Crippen LogP contribution in [0.25, 0.3) is 11.5 Å². The molecule has 1 atom stereocenters. The van der Waals surface area contributed by atoms with Crippen LogP contribution in [0.1, 0.15) is 19.0 Å². The largest absolute Gasteiger partial charge is 0.343 e. The monoisotopic (exact) mass is 271 g/mol. The quantitative estimate of drug-likeness (QED) is 0.912. The number of aromatic amines is 1. The van der Waals surface area contributed by atoms with Gasteiger partial charge in [0.25, 0.3) is 0 Å². The molecule has 1 saturated heterocycles. The minimum Gasteiger partial charge on any atom is -0.343 e. The van der Waals surface area contributed by atoms with Crippen LogP contribution in [-0.4, -0.2) is 43.8 Å². The maximum atomic E-state index is 11.3. The van der Waals surface area contributed by atoms with Gasteiger partial charge in [0.1, 0.15) is 5.69 Å². The van der Waals surface area contributed by atoms with Gasteiger partial charge in [-0.2, -0.15) is 0 Å². The molecule has 0 spiro atoms. The lowest BCUT2D eigenvalue weighted by atomic mass is 10.0. The Bertz CT molecular complexity index is 595. The van der Waals surface area contributed by atoms with Crippen molar-refractivity contribution in [2.24, 2.45) is 5.92 Å². The number of rotatable bonds is 3. The molecule has 0 aromatic carbocycles. The summed E-state index contributed by atoms with van der Waals surface area (Å²) in [5, 5.41) is 0.